The van der Waals surface area contributed by atoms with Gasteiger partial charge in [0.15, 0.2) is 0 Å². The molecule has 3 aromatic carbocycles. The summed E-state index contributed by atoms with van der Waals surface area (Å²) in [6.07, 6.45) is 0. The van der Waals surface area contributed by atoms with E-state index in [-0.39, 0.29) is 11.8 Å². The highest BCUT2D eigenvalue weighted by atomic mass is 16.5. The number of nitrogen functional groups attached to an aromatic ring is 2. The van der Waals surface area contributed by atoms with Crippen LogP contribution in [0, 0.1) is 13.8 Å². The highest BCUT2D eigenvalue weighted by Crippen LogP contribution is 2.31. The monoisotopic (exact) mass is 434 g/mol. The lowest BCUT2D eigenvalue weighted by Gasteiger charge is -2.14. The Morgan fingerprint density at radius 1 is 0.688 bits per heavy atom. The zero-order valence-corrected chi connectivity index (χ0v) is 18.4. The van der Waals surface area contributed by atoms with Crippen LogP contribution in [0.2, 0.25) is 0 Å². The maximum atomic E-state index is 12.7. The Balaban J connectivity index is 1.75. The van der Waals surface area contributed by atoms with Gasteiger partial charge in [0.05, 0.1) is 25.6 Å². The minimum absolute atomic E-state index is 0.338. The van der Waals surface area contributed by atoms with Gasteiger partial charge in [0.25, 0.3) is 11.8 Å². The predicted octanol–water partition coefficient (Wildman–Crippen LogP) is 3.99. The van der Waals surface area contributed by atoms with Gasteiger partial charge in [-0.3, -0.25) is 9.59 Å². The second-order valence-corrected chi connectivity index (χ2v) is 7.30. The van der Waals surface area contributed by atoms with E-state index in [1.54, 1.807) is 48.5 Å². The zero-order chi connectivity index (χ0) is 23.4. The molecule has 0 saturated carbocycles. The summed E-state index contributed by atoms with van der Waals surface area (Å²) in [4.78, 5) is 25.4. The Bertz CT molecular complexity index is 1080. The molecule has 32 heavy (non-hydrogen) atoms. The number of anilines is 4. The first-order valence-corrected chi connectivity index (χ1v) is 9.84. The fraction of sp³-hybridized carbons (Fsp3) is 0.167. The molecule has 0 aliphatic carbocycles. The van der Waals surface area contributed by atoms with Crippen LogP contribution in [-0.2, 0) is 0 Å². The lowest BCUT2D eigenvalue weighted by Crippen LogP contribution is -2.15. The van der Waals surface area contributed by atoms with E-state index in [0.29, 0.717) is 45.4 Å². The molecule has 8 nitrogen and oxygen atoms in total. The third-order valence-electron chi connectivity index (χ3n) is 5.08. The molecule has 0 radical (unpaired) electrons. The number of carbonyl (C=O) groups excluding carboxylic acids is 2. The summed E-state index contributed by atoms with van der Waals surface area (Å²) in [6.45, 7) is 3.69. The Morgan fingerprint density at radius 3 is 1.34 bits per heavy atom. The van der Waals surface area contributed by atoms with Crippen molar-refractivity contribution in [2.45, 2.75) is 13.8 Å². The molecule has 0 aliphatic rings. The maximum Gasteiger partial charge on any atom is 0.255 e. The molecule has 0 spiro atoms. The largest absolute Gasteiger partial charge is 0.494 e. The SMILES string of the molecule is COc1cc(N)c(C)cc1NC(=O)c1ccc(C(=O)Nc2cc(C)c(N)cc2OC)cc1. The van der Waals surface area contributed by atoms with E-state index >= 15 is 0 Å². The van der Waals surface area contributed by atoms with Gasteiger partial charge >= 0.3 is 0 Å². The molecule has 3 aromatic rings. The molecule has 6 N–H and O–H groups in total. The van der Waals surface area contributed by atoms with E-state index in [2.05, 4.69) is 10.6 Å². The van der Waals surface area contributed by atoms with Crippen LogP contribution >= 0.6 is 0 Å². The van der Waals surface area contributed by atoms with Crippen molar-refractivity contribution in [1.29, 1.82) is 0 Å². The first-order valence-electron chi connectivity index (χ1n) is 9.84. The van der Waals surface area contributed by atoms with Crippen LogP contribution in [0.4, 0.5) is 22.7 Å². The quantitative estimate of drug-likeness (QED) is 0.434. The Kier molecular flexibility index (Phi) is 6.53. The van der Waals surface area contributed by atoms with E-state index in [1.165, 1.54) is 14.2 Å². The fourth-order valence-electron chi connectivity index (χ4n) is 3.10. The summed E-state index contributed by atoms with van der Waals surface area (Å²) in [7, 11) is 3.01. The molecule has 0 atom stereocenters. The smallest absolute Gasteiger partial charge is 0.255 e. The van der Waals surface area contributed by atoms with E-state index in [0.717, 1.165) is 11.1 Å². The van der Waals surface area contributed by atoms with Crippen LogP contribution in [0.5, 0.6) is 11.5 Å². The molecule has 0 unspecified atom stereocenters. The third kappa shape index (κ3) is 4.75. The molecule has 0 saturated heterocycles. The van der Waals surface area contributed by atoms with Crippen molar-refractivity contribution in [3.8, 4) is 11.5 Å². The second-order valence-electron chi connectivity index (χ2n) is 7.30. The number of methoxy groups -OCH3 is 2. The zero-order valence-electron chi connectivity index (χ0n) is 18.4. The van der Waals surface area contributed by atoms with Gasteiger partial charge in [-0.1, -0.05) is 0 Å². The van der Waals surface area contributed by atoms with Crippen molar-refractivity contribution < 1.29 is 19.1 Å². The first kappa shape index (κ1) is 22.5. The Morgan fingerprint density at radius 2 is 1.03 bits per heavy atom. The van der Waals surface area contributed by atoms with Crippen LogP contribution in [-0.4, -0.2) is 26.0 Å². The van der Waals surface area contributed by atoms with Crippen molar-refractivity contribution in [2.75, 3.05) is 36.3 Å². The molecule has 8 heteroatoms. The minimum Gasteiger partial charge on any atom is -0.494 e. The number of rotatable bonds is 6. The summed E-state index contributed by atoms with van der Waals surface area (Å²) in [5.74, 6) is 0.251. The van der Waals surface area contributed by atoms with Gasteiger partial charge < -0.3 is 31.6 Å². The number of amides is 2. The van der Waals surface area contributed by atoms with Crippen LogP contribution < -0.4 is 31.6 Å². The number of aryl methyl sites for hydroxylation is 2. The van der Waals surface area contributed by atoms with Gasteiger partial charge in [0.1, 0.15) is 11.5 Å². The topological polar surface area (TPSA) is 129 Å². The number of benzene rings is 3. The van der Waals surface area contributed by atoms with E-state index in [1.807, 2.05) is 13.8 Å². The summed E-state index contributed by atoms with van der Waals surface area (Å²) in [5.41, 5.74) is 16.4. The van der Waals surface area contributed by atoms with Gasteiger partial charge in [-0.2, -0.15) is 0 Å². The normalized spacial score (nSPS) is 10.4. The lowest BCUT2D eigenvalue weighted by molar-refractivity contribution is 0.101. The number of hydrogen-bond donors (Lipinski definition) is 4. The number of hydrogen-bond acceptors (Lipinski definition) is 6. The van der Waals surface area contributed by atoms with Gasteiger partial charge in [0, 0.05) is 34.6 Å². The van der Waals surface area contributed by atoms with Crippen molar-refractivity contribution in [2.24, 2.45) is 0 Å². The minimum atomic E-state index is -0.338. The fourth-order valence-corrected chi connectivity index (χ4v) is 3.10. The van der Waals surface area contributed by atoms with Gasteiger partial charge in [0.2, 0.25) is 0 Å². The van der Waals surface area contributed by atoms with E-state index in [9.17, 15) is 9.59 Å². The second kappa shape index (κ2) is 9.30. The number of nitrogens with one attached hydrogen (secondary N) is 2. The van der Waals surface area contributed by atoms with Crippen LogP contribution in [0.25, 0.3) is 0 Å². The van der Waals surface area contributed by atoms with Gasteiger partial charge in [-0.15, -0.1) is 0 Å². The van der Waals surface area contributed by atoms with Crippen LogP contribution in [0.15, 0.2) is 48.5 Å². The van der Waals surface area contributed by atoms with Gasteiger partial charge in [-0.05, 0) is 61.4 Å². The maximum absolute atomic E-state index is 12.7. The summed E-state index contributed by atoms with van der Waals surface area (Å²) in [5, 5.41) is 5.62. The number of carbonyl (C=O) groups is 2. The number of nitrogens with two attached hydrogens (primary N) is 2. The molecule has 3 rings (SSSR count). The highest BCUT2D eigenvalue weighted by Gasteiger charge is 2.15. The first-order chi connectivity index (χ1) is 15.2. The summed E-state index contributed by atoms with van der Waals surface area (Å²) >= 11 is 0. The summed E-state index contributed by atoms with van der Waals surface area (Å²) < 4.78 is 10.6. The molecule has 2 amide bonds. The van der Waals surface area contributed by atoms with Crippen LogP contribution in [0.1, 0.15) is 31.8 Å². The average Bonchev–Trinajstić information content (AvgIpc) is 2.78. The average molecular weight is 434 g/mol. The van der Waals surface area contributed by atoms with Gasteiger partial charge in [-0.25, -0.2) is 0 Å². The molecule has 166 valence electrons. The molecular formula is C24H26N4O4. The molecule has 0 aliphatic heterocycles. The standard InChI is InChI=1S/C24H26N4O4/c1-13-9-19(21(31-3)11-17(13)25)27-23(29)15-5-7-16(8-6-15)24(30)28-20-10-14(2)18(26)12-22(20)32-4/h5-12H,25-26H2,1-4H3,(H,27,29)(H,28,30). The van der Waals surface area contributed by atoms with Crippen molar-refractivity contribution >= 4 is 34.6 Å². The molecular weight excluding hydrogens is 408 g/mol. The molecule has 0 aromatic heterocycles. The van der Waals surface area contributed by atoms with E-state index in [4.69, 9.17) is 20.9 Å². The number of ether oxygens (including phenoxy) is 2. The summed E-state index contributed by atoms with van der Waals surface area (Å²) in [6, 6.07) is 13.1. The predicted molar refractivity (Wildman–Crippen MR) is 127 cm³/mol. The van der Waals surface area contributed by atoms with Crippen molar-refractivity contribution in [1.82, 2.24) is 0 Å². The molecule has 0 fully saturated rings. The lowest BCUT2D eigenvalue weighted by atomic mass is 10.1. The Labute approximate surface area is 186 Å². The van der Waals surface area contributed by atoms with Crippen molar-refractivity contribution in [3.63, 3.8) is 0 Å². The molecule has 0 bridgehead atoms. The molecule has 0 heterocycles. The van der Waals surface area contributed by atoms with Crippen molar-refractivity contribution in [3.05, 3.63) is 70.8 Å². The van der Waals surface area contributed by atoms with Crippen LogP contribution in [0.3, 0.4) is 0 Å². The highest BCUT2D eigenvalue weighted by molar-refractivity contribution is 6.08. The third-order valence-corrected chi connectivity index (χ3v) is 5.08. The Hall–Kier alpha value is -4.20. The van der Waals surface area contributed by atoms with E-state index < -0.39 is 0 Å².